The number of nitrogens with zero attached hydrogens (tertiary/aromatic N) is 1. The molecule has 0 bridgehead atoms. The van der Waals surface area contributed by atoms with Crippen molar-refractivity contribution >= 4 is 15.8 Å². The molecular formula is C18H29F2N3O3S. The summed E-state index contributed by atoms with van der Waals surface area (Å²) in [6, 6.07) is 6.52. The van der Waals surface area contributed by atoms with Gasteiger partial charge in [-0.3, -0.25) is 0 Å². The number of benzene rings is 1. The lowest BCUT2D eigenvalue weighted by Crippen LogP contribution is -2.42. The summed E-state index contributed by atoms with van der Waals surface area (Å²) in [4.78, 5) is 4.41. The Morgan fingerprint density at radius 3 is 2.52 bits per heavy atom. The summed E-state index contributed by atoms with van der Waals surface area (Å²) in [6.07, 6.45) is 1.74. The topological polar surface area (TPSA) is 79.8 Å². The molecule has 154 valence electrons. The molecule has 0 heterocycles. The maximum atomic E-state index is 12.5. The molecule has 0 aliphatic carbocycles. The van der Waals surface area contributed by atoms with Crippen LogP contribution in [0.3, 0.4) is 0 Å². The van der Waals surface area contributed by atoms with Crippen LogP contribution in [0.1, 0.15) is 32.8 Å². The highest BCUT2D eigenvalue weighted by Crippen LogP contribution is 2.21. The van der Waals surface area contributed by atoms with E-state index in [1.807, 2.05) is 20.8 Å². The van der Waals surface area contributed by atoms with Crippen LogP contribution >= 0.6 is 0 Å². The number of para-hydroxylation sites is 1. The number of hydrogen-bond acceptors (Lipinski definition) is 4. The Morgan fingerprint density at radius 2 is 1.93 bits per heavy atom. The predicted octanol–water partition coefficient (Wildman–Crippen LogP) is 2.80. The molecule has 0 atom stereocenters. The average molecular weight is 406 g/mol. The van der Waals surface area contributed by atoms with Gasteiger partial charge in [-0.2, -0.15) is 8.78 Å². The van der Waals surface area contributed by atoms with Crippen LogP contribution in [0.25, 0.3) is 0 Å². The molecule has 9 heteroatoms. The minimum absolute atomic E-state index is 0.0978. The van der Waals surface area contributed by atoms with Gasteiger partial charge < -0.3 is 15.4 Å². The SMILES string of the molecule is CCNC(=NCc1ccccc1OC(F)F)NCC(C)(C)CCS(C)(=O)=O. The van der Waals surface area contributed by atoms with Gasteiger partial charge in [0.25, 0.3) is 0 Å². The van der Waals surface area contributed by atoms with Crippen molar-refractivity contribution in [1.29, 1.82) is 0 Å². The van der Waals surface area contributed by atoms with Crippen LogP contribution in [0.15, 0.2) is 29.3 Å². The summed E-state index contributed by atoms with van der Waals surface area (Å²) in [5.74, 6) is 0.741. The van der Waals surface area contributed by atoms with Crippen LogP contribution < -0.4 is 15.4 Å². The first-order chi connectivity index (χ1) is 12.5. The summed E-state index contributed by atoms with van der Waals surface area (Å²) >= 11 is 0. The average Bonchev–Trinajstić information content (AvgIpc) is 2.56. The third kappa shape index (κ3) is 10.1. The Bertz CT molecular complexity index is 722. The van der Waals surface area contributed by atoms with Gasteiger partial charge in [0.05, 0.1) is 12.3 Å². The molecule has 0 amide bonds. The van der Waals surface area contributed by atoms with Crippen molar-refractivity contribution in [3.05, 3.63) is 29.8 Å². The molecule has 0 saturated heterocycles. The van der Waals surface area contributed by atoms with Crippen LogP contribution in [0.2, 0.25) is 0 Å². The van der Waals surface area contributed by atoms with E-state index in [0.29, 0.717) is 31.0 Å². The van der Waals surface area contributed by atoms with Gasteiger partial charge in [-0.05, 0) is 24.8 Å². The van der Waals surface area contributed by atoms with Gasteiger partial charge in [0.2, 0.25) is 0 Å². The molecule has 0 saturated carbocycles. The Labute approximate surface area is 160 Å². The third-order valence-electron chi connectivity index (χ3n) is 3.82. The molecular weight excluding hydrogens is 376 g/mol. The Morgan fingerprint density at radius 1 is 1.26 bits per heavy atom. The number of guanidine groups is 1. The van der Waals surface area contributed by atoms with Crippen molar-refractivity contribution in [1.82, 2.24) is 10.6 Å². The number of rotatable bonds is 10. The number of hydrogen-bond donors (Lipinski definition) is 2. The second-order valence-electron chi connectivity index (χ2n) is 7.08. The maximum absolute atomic E-state index is 12.5. The number of aliphatic imine (C=N–C) groups is 1. The van der Waals surface area contributed by atoms with E-state index in [1.165, 1.54) is 12.3 Å². The quantitative estimate of drug-likeness (QED) is 0.462. The van der Waals surface area contributed by atoms with Crippen molar-refractivity contribution in [2.24, 2.45) is 10.4 Å². The summed E-state index contributed by atoms with van der Waals surface area (Å²) in [5.41, 5.74) is 0.294. The fraction of sp³-hybridized carbons (Fsp3) is 0.611. The van der Waals surface area contributed by atoms with E-state index < -0.39 is 16.4 Å². The monoisotopic (exact) mass is 405 g/mol. The molecule has 1 rings (SSSR count). The molecule has 0 aromatic heterocycles. The molecule has 2 N–H and O–H groups in total. The van der Waals surface area contributed by atoms with E-state index in [1.54, 1.807) is 18.2 Å². The second kappa shape index (κ2) is 10.4. The largest absolute Gasteiger partial charge is 0.434 e. The summed E-state index contributed by atoms with van der Waals surface area (Å²) in [5, 5.41) is 6.27. The summed E-state index contributed by atoms with van der Waals surface area (Å²) in [6.45, 7) is 4.29. The number of sulfone groups is 1. The highest BCUT2D eigenvalue weighted by atomic mass is 32.2. The number of halogens is 2. The summed E-state index contributed by atoms with van der Waals surface area (Å²) in [7, 11) is -3.02. The molecule has 0 aliphatic heterocycles. The molecule has 6 nitrogen and oxygen atoms in total. The molecule has 0 aliphatic rings. The van der Waals surface area contributed by atoms with Gasteiger partial charge in [0.15, 0.2) is 5.96 Å². The Hall–Kier alpha value is -1.90. The van der Waals surface area contributed by atoms with Gasteiger partial charge >= 0.3 is 6.61 Å². The van der Waals surface area contributed by atoms with Crippen molar-refractivity contribution < 1.29 is 21.9 Å². The molecule has 0 unspecified atom stereocenters. The van der Waals surface area contributed by atoms with E-state index in [4.69, 9.17) is 0 Å². The smallest absolute Gasteiger partial charge is 0.387 e. The van der Waals surface area contributed by atoms with Crippen molar-refractivity contribution in [2.75, 3.05) is 25.1 Å². The normalized spacial score (nSPS) is 12.9. The number of nitrogens with one attached hydrogen (secondary N) is 2. The first kappa shape index (κ1) is 23.1. The van der Waals surface area contributed by atoms with Gasteiger partial charge in [0, 0.05) is 24.9 Å². The van der Waals surface area contributed by atoms with E-state index in [-0.39, 0.29) is 23.5 Å². The van der Waals surface area contributed by atoms with Crippen LogP contribution in [-0.2, 0) is 16.4 Å². The lowest BCUT2D eigenvalue weighted by Gasteiger charge is -2.25. The lowest BCUT2D eigenvalue weighted by atomic mass is 9.90. The van der Waals surface area contributed by atoms with Gasteiger partial charge in [-0.15, -0.1) is 0 Å². The standard InChI is InChI=1S/C18H29F2N3O3S/c1-5-21-17(23-13-18(2,3)10-11-27(4,24)25)22-12-14-8-6-7-9-15(14)26-16(19)20/h6-9,16H,5,10-13H2,1-4H3,(H2,21,22,23). The van der Waals surface area contributed by atoms with Crippen LogP contribution in [0.4, 0.5) is 8.78 Å². The van der Waals surface area contributed by atoms with E-state index in [9.17, 15) is 17.2 Å². The minimum Gasteiger partial charge on any atom is -0.434 e. The minimum atomic E-state index is -3.02. The molecule has 27 heavy (non-hydrogen) atoms. The van der Waals surface area contributed by atoms with Gasteiger partial charge in [-0.1, -0.05) is 32.0 Å². The van der Waals surface area contributed by atoms with Crippen molar-refractivity contribution in [3.8, 4) is 5.75 Å². The lowest BCUT2D eigenvalue weighted by molar-refractivity contribution is -0.0504. The van der Waals surface area contributed by atoms with Gasteiger partial charge in [0.1, 0.15) is 15.6 Å². The van der Waals surface area contributed by atoms with Crippen LogP contribution in [-0.4, -0.2) is 46.1 Å². The molecule has 1 aromatic carbocycles. The Balaban J connectivity index is 2.75. The molecule has 0 radical (unpaired) electrons. The third-order valence-corrected chi connectivity index (χ3v) is 4.77. The molecule has 0 spiro atoms. The van der Waals surface area contributed by atoms with Crippen LogP contribution in [0.5, 0.6) is 5.75 Å². The number of ether oxygens (including phenoxy) is 1. The number of alkyl halides is 2. The van der Waals surface area contributed by atoms with E-state index in [2.05, 4.69) is 20.4 Å². The Kier molecular flexibility index (Phi) is 8.95. The van der Waals surface area contributed by atoms with Crippen LogP contribution in [0, 0.1) is 5.41 Å². The predicted molar refractivity (Wildman–Crippen MR) is 104 cm³/mol. The van der Waals surface area contributed by atoms with E-state index in [0.717, 1.165) is 0 Å². The van der Waals surface area contributed by atoms with Crippen molar-refractivity contribution in [3.63, 3.8) is 0 Å². The first-order valence-electron chi connectivity index (χ1n) is 8.75. The fourth-order valence-corrected chi connectivity index (χ4v) is 3.15. The fourth-order valence-electron chi connectivity index (χ4n) is 2.22. The zero-order valence-electron chi connectivity index (χ0n) is 16.3. The summed E-state index contributed by atoms with van der Waals surface area (Å²) < 4.78 is 52.3. The maximum Gasteiger partial charge on any atom is 0.387 e. The van der Waals surface area contributed by atoms with E-state index >= 15 is 0 Å². The zero-order chi connectivity index (χ0) is 20.5. The molecule has 1 aromatic rings. The second-order valence-corrected chi connectivity index (χ2v) is 9.34. The highest BCUT2D eigenvalue weighted by Gasteiger charge is 2.20. The zero-order valence-corrected chi connectivity index (χ0v) is 17.1. The van der Waals surface area contributed by atoms with Crippen molar-refractivity contribution in [2.45, 2.75) is 40.3 Å². The van der Waals surface area contributed by atoms with Gasteiger partial charge in [-0.25, -0.2) is 13.4 Å². The molecule has 0 fully saturated rings. The highest BCUT2D eigenvalue weighted by molar-refractivity contribution is 7.90. The first-order valence-corrected chi connectivity index (χ1v) is 10.8.